The summed E-state index contributed by atoms with van der Waals surface area (Å²) in [6.07, 6.45) is 1.11. The van der Waals surface area contributed by atoms with Crippen molar-refractivity contribution in [3.63, 3.8) is 0 Å². The van der Waals surface area contributed by atoms with Crippen LogP contribution in [0.1, 0.15) is 45.1 Å². The quantitative estimate of drug-likeness (QED) is 0.771. The summed E-state index contributed by atoms with van der Waals surface area (Å²) < 4.78 is 5.68. The Labute approximate surface area is 121 Å². The first-order chi connectivity index (χ1) is 9.56. The van der Waals surface area contributed by atoms with Crippen LogP contribution in [0.15, 0.2) is 24.3 Å². The van der Waals surface area contributed by atoms with Crippen molar-refractivity contribution in [1.82, 2.24) is 0 Å². The third-order valence-corrected chi connectivity index (χ3v) is 3.21. The number of carbonyl (C=O) groups is 1. The number of carboxylic acids is 1. The Morgan fingerprint density at radius 1 is 1.35 bits per heavy atom. The summed E-state index contributed by atoms with van der Waals surface area (Å²) in [6.45, 7) is 6.70. The van der Waals surface area contributed by atoms with E-state index in [0.717, 1.165) is 17.7 Å². The van der Waals surface area contributed by atoms with Crippen LogP contribution in [0.25, 0.3) is 0 Å². The Kier molecular flexibility index (Phi) is 6.66. The third kappa shape index (κ3) is 5.36. The molecule has 0 saturated heterocycles. The van der Waals surface area contributed by atoms with Crippen molar-refractivity contribution in [3.8, 4) is 17.6 Å². The number of ether oxygens (including phenoxy) is 1. The molecule has 1 N–H and O–H groups in total. The Hall–Kier alpha value is -1.95. The van der Waals surface area contributed by atoms with Gasteiger partial charge in [-0.05, 0) is 30.5 Å². The molecule has 1 aromatic carbocycles. The monoisotopic (exact) mass is 274 g/mol. The molecule has 0 fully saturated rings. The molecule has 0 aliphatic rings. The number of aliphatic carboxylic acids is 1. The van der Waals surface area contributed by atoms with Gasteiger partial charge >= 0.3 is 5.97 Å². The minimum absolute atomic E-state index is 0.0217. The second-order valence-electron chi connectivity index (χ2n) is 4.94. The fraction of sp³-hybridized carbons (Fsp3) is 0.471. The minimum Gasteiger partial charge on any atom is -0.493 e. The van der Waals surface area contributed by atoms with E-state index in [-0.39, 0.29) is 12.3 Å². The molecule has 0 saturated carbocycles. The van der Waals surface area contributed by atoms with Crippen LogP contribution in [-0.2, 0) is 4.79 Å². The maximum absolute atomic E-state index is 10.8. The first-order valence-electron chi connectivity index (χ1n) is 6.93. The Balaban J connectivity index is 2.72. The van der Waals surface area contributed by atoms with Gasteiger partial charge < -0.3 is 9.84 Å². The second kappa shape index (κ2) is 8.27. The maximum Gasteiger partial charge on any atom is 0.304 e. The third-order valence-electron chi connectivity index (χ3n) is 3.21. The van der Waals surface area contributed by atoms with Gasteiger partial charge in [0.15, 0.2) is 0 Å². The predicted octanol–water partition coefficient (Wildman–Crippen LogP) is 3.69. The molecular formula is C17H22O3. The Bertz CT molecular complexity index is 479. The van der Waals surface area contributed by atoms with Gasteiger partial charge in [-0.25, -0.2) is 0 Å². The van der Waals surface area contributed by atoms with Crippen molar-refractivity contribution in [2.75, 3.05) is 6.61 Å². The zero-order valence-corrected chi connectivity index (χ0v) is 12.3. The van der Waals surface area contributed by atoms with Gasteiger partial charge in [-0.1, -0.05) is 38.3 Å². The van der Waals surface area contributed by atoms with E-state index in [9.17, 15) is 4.79 Å². The van der Waals surface area contributed by atoms with Crippen molar-refractivity contribution in [3.05, 3.63) is 29.8 Å². The van der Waals surface area contributed by atoms with E-state index in [1.165, 1.54) is 0 Å². The van der Waals surface area contributed by atoms with E-state index in [1.54, 1.807) is 6.92 Å². The topological polar surface area (TPSA) is 46.5 Å². The molecule has 0 aromatic heterocycles. The molecule has 0 aliphatic heterocycles. The molecule has 20 heavy (non-hydrogen) atoms. The summed E-state index contributed by atoms with van der Waals surface area (Å²) in [4.78, 5) is 10.8. The van der Waals surface area contributed by atoms with Crippen LogP contribution in [0.3, 0.4) is 0 Å². The molecule has 1 rings (SSSR count). The first kappa shape index (κ1) is 16.1. The number of carboxylic acid groups (broad SMARTS) is 1. The molecule has 0 radical (unpaired) electrons. The largest absolute Gasteiger partial charge is 0.493 e. The van der Waals surface area contributed by atoms with Crippen LogP contribution < -0.4 is 4.74 Å². The summed E-state index contributed by atoms with van der Waals surface area (Å²) in [7, 11) is 0. The lowest BCUT2D eigenvalue weighted by atomic mass is 9.96. The fourth-order valence-electron chi connectivity index (χ4n) is 1.75. The number of hydrogen-bond donors (Lipinski definition) is 1. The molecule has 0 amide bonds. The lowest BCUT2D eigenvalue weighted by molar-refractivity contribution is -0.137. The molecule has 1 aromatic rings. The number of benzene rings is 1. The highest BCUT2D eigenvalue weighted by molar-refractivity contribution is 5.69. The lowest BCUT2D eigenvalue weighted by Crippen LogP contribution is -2.07. The molecule has 0 spiro atoms. The van der Waals surface area contributed by atoms with E-state index >= 15 is 0 Å². The molecule has 0 aliphatic carbocycles. The van der Waals surface area contributed by atoms with Gasteiger partial charge in [0.05, 0.1) is 18.9 Å². The van der Waals surface area contributed by atoms with Crippen molar-refractivity contribution in [2.24, 2.45) is 5.92 Å². The first-order valence-corrected chi connectivity index (χ1v) is 6.93. The zero-order valence-electron chi connectivity index (χ0n) is 12.3. The average Bonchev–Trinajstić information content (AvgIpc) is 2.44. The van der Waals surface area contributed by atoms with Gasteiger partial charge in [0, 0.05) is 0 Å². The normalized spacial score (nSPS) is 12.9. The van der Waals surface area contributed by atoms with E-state index in [0.29, 0.717) is 12.5 Å². The van der Waals surface area contributed by atoms with Gasteiger partial charge in [0.1, 0.15) is 5.75 Å². The zero-order chi connectivity index (χ0) is 15.0. The van der Waals surface area contributed by atoms with Crippen LogP contribution >= 0.6 is 0 Å². The molecule has 2 atom stereocenters. The van der Waals surface area contributed by atoms with Crippen LogP contribution in [0.4, 0.5) is 0 Å². The van der Waals surface area contributed by atoms with Crippen molar-refractivity contribution >= 4 is 5.97 Å². The summed E-state index contributed by atoms with van der Waals surface area (Å²) in [5.41, 5.74) is 0.914. The van der Waals surface area contributed by atoms with Crippen molar-refractivity contribution in [2.45, 2.75) is 39.5 Å². The van der Waals surface area contributed by atoms with Gasteiger partial charge in [-0.3, -0.25) is 4.79 Å². The molecule has 3 heteroatoms. The summed E-state index contributed by atoms with van der Waals surface area (Å²) in [5, 5.41) is 8.91. The van der Waals surface area contributed by atoms with E-state index in [1.807, 2.05) is 24.3 Å². The molecule has 108 valence electrons. The minimum atomic E-state index is -0.838. The predicted molar refractivity (Wildman–Crippen MR) is 79.8 cm³/mol. The van der Waals surface area contributed by atoms with Crippen LogP contribution in [0.5, 0.6) is 5.75 Å². The van der Waals surface area contributed by atoms with Crippen LogP contribution in [0.2, 0.25) is 0 Å². The fourth-order valence-corrected chi connectivity index (χ4v) is 1.75. The Morgan fingerprint density at radius 2 is 2.00 bits per heavy atom. The highest BCUT2D eigenvalue weighted by Gasteiger charge is 2.13. The van der Waals surface area contributed by atoms with Crippen LogP contribution in [0, 0.1) is 17.8 Å². The van der Waals surface area contributed by atoms with Gasteiger partial charge in [-0.2, -0.15) is 0 Å². The summed E-state index contributed by atoms with van der Waals surface area (Å²) in [6, 6.07) is 7.54. The molecular weight excluding hydrogens is 252 g/mol. The number of hydrogen-bond acceptors (Lipinski definition) is 2. The maximum atomic E-state index is 10.8. The second-order valence-corrected chi connectivity index (χ2v) is 4.94. The van der Waals surface area contributed by atoms with Crippen molar-refractivity contribution < 1.29 is 14.6 Å². The summed E-state index contributed by atoms with van der Waals surface area (Å²) >= 11 is 0. The van der Waals surface area contributed by atoms with Crippen LogP contribution in [-0.4, -0.2) is 17.7 Å². The van der Waals surface area contributed by atoms with Gasteiger partial charge in [-0.15, -0.1) is 5.92 Å². The average molecular weight is 274 g/mol. The van der Waals surface area contributed by atoms with Gasteiger partial charge in [0.25, 0.3) is 0 Å². The van der Waals surface area contributed by atoms with E-state index < -0.39 is 5.97 Å². The van der Waals surface area contributed by atoms with Crippen molar-refractivity contribution in [1.29, 1.82) is 0 Å². The molecule has 0 unspecified atom stereocenters. The van der Waals surface area contributed by atoms with E-state index in [2.05, 4.69) is 25.7 Å². The molecule has 0 heterocycles. The smallest absolute Gasteiger partial charge is 0.304 e. The summed E-state index contributed by atoms with van der Waals surface area (Å²) in [5.74, 6) is 5.97. The molecule has 0 bridgehead atoms. The van der Waals surface area contributed by atoms with Gasteiger partial charge in [0.2, 0.25) is 0 Å². The highest BCUT2D eigenvalue weighted by atomic mass is 16.5. The lowest BCUT2D eigenvalue weighted by Gasteiger charge is -2.13. The SMILES string of the molecule is CC#C[C@@H](CC(=O)O)c1ccc(OC[C@@H](C)CC)cc1. The standard InChI is InChI=1S/C17H22O3/c1-4-6-15(11-17(18)19)14-7-9-16(10-8-14)20-12-13(3)5-2/h7-10,13,15H,5,11-12H2,1-3H3,(H,18,19)/t13-,15-/m0/s1. The molecule has 3 nitrogen and oxygen atoms in total. The number of rotatable bonds is 7. The highest BCUT2D eigenvalue weighted by Crippen LogP contribution is 2.22. The van der Waals surface area contributed by atoms with E-state index in [4.69, 9.17) is 9.84 Å². The Morgan fingerprint density at radius 3 is 2.50 bits per heavy atom.